The molecule has 2 aliphatic rings. The van der Waals surface area contributed by atoms with Crippen LogP contribution in [0, 0.1) is 5.41 Å². The molecule has 1 N–H and O–H groups in total. The third kappa shape index (κ3) is 5.01. The maximum Gasteiger partial charge on any atom is 0.211 e. The number of benzene rings is 1. The summed E-state index contributed by atoms with van der Waals surface area (Å²) in [5.74, 6) is 0.871. The number of piperidine rings is 1. The van der Waals surface area contributed by atoms with Crippen molar-refractivity contribution in [3.63, 3.8) is 0 Å². The van der Waals surface area contributed by atoms with Gasteiger partial charge in [0.05, 0.1) is 34.2 Å². The molecule has 2 aromatic heterocycles. The molecule has 2 atom stereocenters. The van der Waals surface area contributed by atoms with E-state index in [9.17, 15) is 4.55 Å². The van der Waals surface area contributed by atoms with Crippen LogP contribution in [-0.4, -0.2) is 56.0 Å². The Hall–Kier alpha value is -1.20. The quantitative estimate of drug-likeness (QED) is 0.433. The van der Waals surface area contributed by atoms with Gasteiger partial charge in [-0.15, -0.1) is 4.72 Å². The van der Waals surface area contributed by atoms with Gasteiger partial charge in [-0.05, 0) is 45.7 Å². The average Bonchev–Trinajstić information content (AvgIpc) is 3.45. The van der Waals surface area contributed by atoms with Crippen LogP contribution >= 0.6 is 35.0 Å². The van der Waals surface area contributed by atoms with E-state index in [1.807, 2.05) is 49.7 Å². The lowest BCUT2D eigenvalue weighted by atomic mass is 9.75. The minimum absolute atomic E-state index is 0.00934. The largest absolute Gasteiger partial charge is 0.598 e. The van der Waals surface area contributed by atoms with E-state index in [2.05, 4.69) is 14.6 Å². The van der Waals surface area contributed by atoms with Gasteiger partial charge in [0.15, 0.2) is 5.65 Å². The monoisotopic (exact) mass is 553 g/mol. The maximum atomic E-state index is 12.7. The fraction of sp³-hybridized carbons (Fsp3) is 0.500. The van der Waals surface area contributed by atoms with Gasteiger partial charge < -0.3 is 14.2 Å². The molecule has 3 aromatic rings. The van der Waals surface area contributed by atoms with E-state index in [1.165, 1.54) is 11.8 Å². The normalized spacial score (nSPS) is 21.2. The number of aromatic nitrogens is 3. The van der Waals surface area contributed by atoms with Gasteiger partial charge in [-0.3, -0.25) is 4.40 Å². The highest BCUT2D eigenvalue weighted by Gasteiger charge is 2.49. The number of fused-ring (bicyclic) bond motifs is 1. The standard InChI is InChI=1S/C24H29Cl2N5O2S2/c1-23(2,3)35(32)29-19-14-33-15-24(19)7-10-30(11-8-24)22-28-13-18(21-27-9-12-31(21)22)34-17-6-4-5-16(25)20(17)26/h4-6,9,12-13,19,29H,7-8,10-11,14-15H2,1-3H3. The number of anilines is 1. The van der Waals surface area contributed by atoms with Crippen LogP contribution < -0.4 is 9.62 Å². The van der Waals surface area contributed by atoms with Crippen LogP contribution in [0.15, 0.2) is 46.6 Å². The second-order valence-corrected chi connectivity index (χ2v) is 14.0. The first kappa shape index (κ1) is 25.4. The molecule has 2 unspecified atom stereocenters. The second kappa shape index (κ2) is 9.93. The fourth-order valence-electron chi connectivity index (χ4n) is 4.64. The molecule has 188 valence electrons. The molecular weight excluding hydrogens is 525 g/mol. The number of nitrogens with one attached hydrogen (secondary N) is 1. The molecule has 2 saturated heterocycles. The predicted octanol–water partition coefficient (Wildman–Crippen LogP) is 5.22. The Balaban J connectivity index is 1.33. The highest BCUT2D eigenvalue weighted by molar-refractivity contribution is 7.99. The Labute approximate surface area is 223 Å². The van der Waals surface area contributed by atoms with E-state index >= 15 is 0 Å². The van der Waals surface area contributed by atoms with Crippen LogP contribution in [0.4, 0.5) is 5.95 Å². The summed E-state index contributed by atoms with van der Waals surface area (Å²) in [6.07, 6.45) is 7.49. The van der Waals surface area contributed by atoms with Crippen LogP contribution in [0.5, 0.6) is 0 Å². The van der Waals surface area contributed by atoms with Crippen molar-refractivity contribution in [3.05, 3.63) is 46.8 Å². The van der Waals surface area contributed by atoms with Crippen LogP contribution in [-0.2, 0) is 16.1 Å². The molecule has 0 radical (unpaired) electrons. The summed E-state index contributed by atoms with van der Waals surface area (Å²) >= 11 is 13.0. The number of rotatable bonds is 5. The molecule has 2 aliphatic heterocycles. The minimum Gasteiger partial charge on any atom is -0.598 e. The molecule has 35 heavy (non-hydrogen) atoms. The summed E-state index contributed by atoms with van der Waals surface area (Å²) in [5, 5.41) is 1.06. The minimum atomic E-state index is -1.12. The summed E-state index contributed by atoms with van der Waals surface area (Å²) in [7, 11) is 0. The van der Waals surface area contributed by atoms with E-state index in [-0.39, 0.29) is 16.2 Å². The Morgan fingerprint density at radius 1 is 1.20 bits per heavy atom. The second-order valence-electron chi connectivity index (χ2n) is 10.1. The van der Waals surface area contributed by atoms with Gasteiger partial charge >= 0.3 is 0 Å². The van der Waals surface area contributed by atoms with Crippen molar-refractivity contribution < 1.29 is 9.29 Å². The van der Waals surface area contributed by atoms with Crippen molar-refractivity contribution in [1.29, 1.82) is 0 Å². The molecule has 0 aliphatic carbocycles. The fourth-order valence-corrected chi connectivity index (χ4v) is 6.97. The zero-order chi connectivity index (χ0) is 24.8. The molecule has 5 rings (SSSR count). The summed E-state index contributed by atoms with van der Waals surface area (Å²) in [5.41, 5.74) is 0.825. The van der Waals surface area contributed by atoms with Gasteiger partial charge in [-0.2, -0.15) is 0 Å². The van der Waals surface area contributed by atoms with Gasteiger partial charge in [0.1, 0.15) is 4.75 Å². The van der Waals surface area contributed by atoms with E-state index in [1.54, 1.807) is 12.3 Å². The molecule has 7 nitrogen and oxygen atoms in total. The molecule has 4 heterocycles. The van der Waals surface area contributed by atoms with Crippen LogP contribution in [0.25, 0.3) is 5.65 Å². The topological polar surface area (TPSA) is 77.8 Å². The lowest BCUT2D eigenvalue weighted by Crippen LogP contribution is -2.55. The molecule has 0 bridgehead atoms. The van der Waals surface area contributed by atoms with Crippen molar-refractivity contribution in [2.24, 2.45) is 5.41 Å². The van der Waals surface area contributed by atoms with Crippen molar-refractivity contribution in [2.45, 2.75) is 54.2 Å². The maximum absolute atomic E-state index is 12.7. The summed E-state index contributed by atoms with van der Waals surface area (Å²) in [4.78, 5) is 13.5. The van der Waals surface area contributed by atoms with Gasteiger partial charge in [0, 0.05) is 53.4 Å². The van der Waals surface area contributed by atoms with Crippen LogP contribution in [0.2, 0.25) is 10.0 Å². The third-order valence-corrected chi connectivity index (χ3v) is 10.4. The Morgan fingerprint density at radius 3 is 2.71 bits per heavy atom. The summed E-state index contributed by atoms with van der Waals surface area (Å²) in [6.45, 7) is 8.96. The van der Waals surface area contributed by atoms with Gasteiger partial charge in [-0.1, -0.05) is 41.0 Å². The number of ether oxygens (including phenoxy) is 1. The van der Waals surface area contributed by atoms with Gasteiger partial charge in [-0.25, -0.2) is 9.97 Å². The zero-order valence-corrected chi connectivity index (χ0v) is 23.1. The zero-order valence-electron chi connectivity index (χ0n) is 20.0. The Bertz CT molecular complexity index is 1210. The van der Waals surface area contributed by atoms with E-state index in [0.717, 1.165) is 47.3 Å². The molecule has 1 aromatic carbocycles. The van der Waals surface area contributed by atoms with Gasteiger partial charge in [0.2, 0.25) is 5.95 Å². The van der Waals surface area contributed by atoms with Crippen molar-refractivity contribution in [1.82, 2.24) is 19.1 Å². The van der Waals surface area contributed by atoms with E-state index < -0.39 is 11.4 Å². The number of halogens is 2. The summed E-state index contributed by atoms with van der Waals surface area (Å²) in [6, 6.07) is 5.69. The highest BCUT2D eigenvalue weighted by Crippen LogP contribution is 2.42. The first-order valence-electron chi connectivity index (χ1n) is 11.6. The van der Waals surface area contributed by atoms with E-state index in [4.69, 9.17) is 32.9 Å². The van der Waals surface area contributed by atoms with E-state index in [0.29, 0.717) is 23.3 Å². The molecule has 2 fully saturated rings. The van der Waals surface area contributed by atoms with Crippen molar-refractivity contribution >= 4 is 57.9 Å². The first-order chi connectivity index (χ1) is 16.7. The molecule has 11 heteroatoms. The molecule has 0 amide bonds. The van der Waals surface area contributed by atoms with Crippen LogP contribution in [0.3, 0.4) is 0 Å². The Morgan fingerprint density at radius 2 is 1.97 bits per heavy atom. The lowest BCUT2D eigenvalue weighted by molar-refractivity contribution is 0.130. The van der Waals surface area contributed by atoms with Crippen molar-refractivity contribution in [3.8, 4) is 0 Å². The molecule has 0 saturated carbocycles. The number of hydrogen-bond acceptors (Lipinski definition) is 7. The third-order valence-electron chi connectivity index (χ3n) is 6.77. The SMILES string of the molecule is CC(C)(C)[S+]([O-])NC1COCC12CCN(c1ncc(Sc3cccc(Cl)c3Cl)c3nccn13)CC2. The average molecular weight is 555 g/mol. The number of hydrogen-bond donors (Lipinski definition) is 1. The van der Waals surface area contributed by atoms with Crippen molar-refractivity contribution in [2.75, 3.05) is 31.2 Å². The van der Waals surface area contributed by atoms with Crippen LogP contribution in [0.1, 0.15) is 33.6 Å². The first-order valence-corrected chi connectivity index (χ1v) is 14.3. The number of imidazole rings is 1. The van der Waals surface area contributed by atoms with Gasteiger partial charge in [0.25, 0.3) is 0 Å². The molecule has 1 spiro atoms. The lowest BCUT2D eigenvalue weighted by Gasteiger charge is -2.42. The highest BCUT2D eigenvalue weighted by atomic mass is 35.5. The molecular formula is C24H29Cl2N5O2S2. The number of nitrogens with zero attached hydrogens (tertiary/aromatic N) is 4. The Kier molecular flexibility index (Phi) is 7.22. The smallest absolute Gasteiger partial charge is 0.211 e. The predicted molar refractivity (Wildman–Crippen MR) is 143 cm³/mol. The summed E-state index contributed by atoms with van der Waals surface area (Å²) < 4.78 is 23.7.